The van der Waals surface area contributed by atoms with Crippen LogP contribution in [0.15, 0.2) is 0 Å². The van der Waals surface area contributed by atoms with Crippen LogP contribution in [0.1, 0.15) is 0 Å². The molecule has 30 valence electrons. The summed E-state index contributed by atoms with van der Waals surface area (Å²) in [5.41, 5.74) is 0. The Morgan fingerprint density at radius 1 is 1.25 bits per heavy atom. The van der Waals surface area contributed by atoms with Crippen LogP contribution in [-0.4, -0.2) is 0 Å². The van der Waals surface area contributed by atoms with Crippen molar-refractivity contribution in [3.8, 4) is 0 Å². The van der Waals surface area contributed by atoms with Crippen molar-refractivity contribution in [1.29, 1.82) is 0 Å². The zero-order chi connectivity index (χ0) is 2.00. The van der Waals surface area contributed by atoms with Gasteiger partial charge in [-0.05, 0) is 0 Å². The van der Waals surface area contributed by atoms with E-state index in [0.29, 0.717) is 0 Å². The molecule has 0 aromatic heterocycles. The quantitative estimate of drug-likeness (QED) is 0.389. The Kier molecular flexibility index (Phi) is 83.7. The van der Waals surface area contributed by atoms with E-state index in [1.54, 1.807) is 0 Å². The van der Waals surface area contributed by atoms with E-state index in [1.165, 1.54) is 0 Å². The Balaban J connectivity index is -0.00000000500. The molecule has 0 saturated carbocycles. The molecule has 0 nitrogen and oxygen atoms in total. The minimum absolute atomic E-state index is 0. The predicted molar refractivity (Wildman–Crippen MR) is 9.71 cm³/mol. The molecule has 0 aliphatic heterocycles. The van der Waals surface area contributed by atoms with Gasteiger partial charge in [-0.2, -0.15) is 0 Å². The summed E-state index contributed by atoms with van der Waals surface area (Å²) in [6, 6.07) is 0. The molecule has 1 radical (unpaired) electrons. The third-order valence-electron chi connectivity index (χ3n) is 0. The number of rotatable bonds is 0. The molecule has 0 saturated heterocycles. The van der Waals surface area contributed by atoms with E-state index < -0.39 is 0 Å². The molecule has 4 heteroatoms. The molecule has 0 aliphatic carbocycles. The van der Waals surface area contributed by atoms with E-state index in [0.717, 1.165) is 0 Å². The van der Waals surface area contributed by atoms with Crippen LogP contribution in [0, 0.1) is 0 Å². The van der Waals surface area contributed by atoms with E-state index >= 15 is 0 Å². The summed E-state index contributed by atoms with van der Waals surface area (Å²) in [5, 5.41) is 0. The summed E-state index contributed by atoms with van der Waals surface area (Å²) in [4.78, 5) is 0. The van der Waals surface area contributed by atoms with Gasteiger partial charge in [-0.3, -0.25) is 0 Å². The Bertz CT molecular complexity index is 6.00. The molecule has 0 aliphatic rings. The second kappa shape index (κ2) is 20.1. The first kappa shape index (κ1) is 16.7. The van der Waals surface area contributed by atoms with Crippen LogP contribution < -0.4 is 0 Å². The van der Waals surface area contributed by atoms with Gasteiger partial charge in [-0.25, -0.2) is 0 Å². The van der Waals surface area contributed by atoms with Crippen molar-refractivity contribution in [3.05, 3.63) is 0 Å². The Hall–Kier alpha value is 1.99. The van der Waals surface area contributed by atoms with Gasteiger partial charge >= 0.3 is 23.5 Å². The molecular weight excluding hydrogens is 198 g/mol. The van der Waals surface area contributed by atoms with Gasteiger partial charge < -0.3 is 0 Å². The van der Waals surface area contributed by atoms with Crippen molar-refractivity contribution in [3.63, 3.8) is 0 Å². The molecule has 4 heavy (non-hydrogen) atoms. The first-order valence-electron chi connectivity index (χ1n) is 0.204. The molecular formula is H2Fe2MnP. The molecule has 0 N–H and O–H groups in total. The Morgan fingerprint density at radius 2 is 1.25 bits per heavy atom. The molecule has 0 bridgehead atoms. The molecule has 0 aromatic rings. The van der Waals surface area contributed by atoms with Gasteiger partial charge in [0.05, 0.1) is 0 Å². The molecule has 1 unspecified atom stereocenters. The van der Waals surface area contributed by atoms with Gasteiger partial charge in [0.25, 0.3) is 0 Å². The molecule has 0 spiro atoms. The standard InChI is InChI=1S/2Fe.Mn.H2P/h;;;1H2/q;+1;;-1. The van der Waals surface area contributed by atoms with Gasteiger partial charge in [0, 0.05) is 34.1 Å². The van der Waals surface area contributed by atoms with Crippen LogP contribution in [0.4, 0.5) is 0 Å². The third kappa shape index (κ3) is 9.01. The van der Waals surface area contributed by atoms with Crippen LogP contribution in [0.3, 0.4) is 0 Å². The molecule has 0 rings (SSSR count). The van der Waals surface area contributed by atoms with Gasteiger partial charge in [0.15, 0.2) is 0 Å². The average molecular weight is 200 g/mol. The van der Waals surface area contributed by atoms with Crippen molar-refractivity contribution < 1.29 is 49.7 Å². The van der Waals surface area contributed by atoms with Crippen molar-refractivity contribution in [2.75, 3.05) is 0 Å². The summed E-state index contributed by atoms with van der Waals surface area (Å²) in [5.74, 6) is 0. The summed E-state index contributed by atoms with van der Waals surface area (Å²) in [7, 11) is 2.17. The van der Waals surface area contributed by atoms with Crippen molar-refractivity contribution in [2.24, 2.45) is 0 Å². The van der Waals surface area contributed by atoms with Gasteiger partial charge in [0.1, 0.15) is 0 Å². The predicted octanol–water partition coefficient (Wildman–Crippen LogP) is 0.318. The second-order valence-corrected chi connectivity index (χ2v) is 0. The second-order valence-electron chi connectivity index (χ2n) is 0. The van der Waals surface area contributed by atoms with Gasteiger partial charge in [0.2, 0.25) is 0 Å². The number of hydrogen-bond acceptors (Lipinski definition) is 0. The van der Waals surface area contributed by atoms with Gasteiger partial charge in [-0.1, -0.05) is 0 Å². The fourth-order valence-electron chi connectivity index (χ4n) is 0. The first-order valence-corrected chi connectivity index (χ1v) is 2.52. The minimum atomic E-state index is 0. The van der Waals surface area contributed by atoms with Gasteiger partial charge in [-0.15, -0.1) is 0 Å². The molecule has 0 amide bonds. The number of hydrogen-bond donors (Lipinski definition) is 0. The van der Waals surface area contributed by atoms with E-state index in [1.807, 2.05) is 0 Å². The van der Waals surface area contributed by atoms with Crippen molar-refractivity contribution in [2.45, 2.75) is 0 Å². The molecule has 1 atom stereocenters. The third-order valence-corrected chi connectivity index (χ3v) is 0. The Morgan fingerprint density at radius 3 is 1.25 bits per heavy atom. The fraction of sp³-hybridized carbons (Fsp3) is 0. The normalized spacial score (nSPS) is 1.50. The summed E-state index contributed by atoms with van der Waals surface area (Å²) < 4.78 is 0. The molecule has 0 fully saturated rings. The summed E-state index contributed by atoms with van der Waals surface area (Å²) in [6.45, 7) is 0. The SMILES string of the molecule is [Fe].[Mn].[PH2][Fe]. The zero-order valence-corrected chi connectivity index (χ0v) is 6.21. The van der Waals surface area contributed by atoms with E-state index in [4.69, 9.17) is 0 Å². The fourth-order valence-corrected chi connectivity index (χ4v) is 0. The van der Waals surface area contributed by atoms with Crippen LogP contribution in [0.2, 0.25) is 0 Å². The topological polar surface area (TPSA) is 0 Å². The first-order chi connectivity index (χ1) is 1.00. The van der Waals surface area contributed by atoms with Crippen LogP contribution in [0.5, 0.6) is 0 Å². The maximum absolute atomic E-state index is 3.17. The van der Waals surface area contributed by atoms with E-state index in [9.17, 15) is 0 Å². The molecule has 0 heterocycles. The monoisotopic (exact) mass is 200 g/mol. The summed E-state index contributed by atoms with van der Waals surface area (Å²) >= 11 is 3.17. The summed E-state index contributed by atoms with van der Waals surface area (Å²) in [6.07, 6.45) is 0. The van der Waals surface area contributed by atoms with Crippen molar-refractivity contribution in [1.82, 2.24) is 0 Å². The zero-order valence-electron chi connectivity index (χ0n) is 1.66. The van der Waals surface area contributed by atoms with Crippen molar-refractivity contribution >= 4 is 7.93 Å². The Labute approximate surface area is 57.4 Å². The van der Waals surface area contributed by atoms with E-state index in [-0.39, 0.29) is 34.1 Å². The van der Waals surface area contributed by atoms with Crippen LogP contribution >= 0.6 is 7.93 Å². The average Bonchev–Trinajstić information content (AvgIpc) is 1.00. The van der Waals surface area contributed by atoms with Crippen LogP contribution in [0.25, 0.3) is 0 Å². The maximum atomic E-state index is 3.17. The van der Waals surface area contributed by atoms with Crippen LogP contribution in [-0.2, 0) is 49.7 Å². The molecule has 0 aromatic carbocycles. The van der Waals surface area contributed by atoms with E-state index in [2.05, 4.69) is 23.5 Å².